The van der Waals surface area contributed by atoms with E-state index in [4.69, 9.17) is 11.6 Å². The third-order valence-electron chi connectivity index (χ3n) is 5.85. The van der Waals surface area contributed by atoms with Gasteiger partial charge in [-0.2, -0.15) is 0 Å². The van der Waals surface area contributed by atoms with Crippen LogP contribution in [0.3, 0.4) is 0 Å². The molecule has 1 unspecified atom stereocenters. The topological polar surface area (TPSA) is 52.7 Å². The molecule has 3 aliphatic rings. The fraction of sp³-hybridized carbons (Fsp3) is 0.579. The number of nitrogens with one attached hydrogen (secondary N) is 1. The van der Waals surface area contributed by atoms with Gasteiger partial charge in [-0.25, -0.2) is 0 Å². The van der Waals surface area contributed by atoms with Crippen molar-refractivity contribution in [1.29, 1.82) is 0 Å². The number of carbonyl (C=O) groups is 2. The van der Waals surface area contributed by atoms with E-state index in [1.54, 1.807) is 40.9 Å². The van der Waals surface area contributed by atoms with Gasteiger partial charge in [0, 0.05) is 29.4 Å². The van der Waals surface area contributed by atoms with Gasteiger partial charge in [0.05, 0.1) is 5.88 Å². The van der Waals surface area contributed by atoms with Crippen LogP contribution in [-0.4, -0.2) is 65.5 Å². The summed E-state index contributed by atoms with van der Waals surface area (Å²) in [4.78, 5) is 29.8. The molecular formula is C19H25Cl2N3O2S. The molecule has 0 radical (unpaired) electrons. The van der Waals surface area contributed by atoms with Crippen LogP contribution in [0.5, 0.6) is 0 Å². The molecule has 0 saturated carbocycles. The number of nitrogens with zero attached hydrogens (tertiary/aromatic N) is 2. The van der Waals surface area contributed by atoms with Crippen molar-refractivity contribution in [3.63, 3.8) is 0 Å². The highest BCUT2D eigenvalue weighted by Crippen LogP contribution is 2.30. The lowest BCUT2D eigenvalue weighted by molar-refractivity contribution is -0.134. The standard InChI is InChI=1S/C19H24ClN3O2S.ClH/c20-16-3-1-13(2-4-16)18(24)23-12-26-11-17(23)19(25)22-7-5-14-9-21-10-15(14)6-8-22;/h1-4,14-15,17,21H,5-12H2;1H/t14-,15+,17?;. The Balaban J connectivity index is 0.00000210. The lowest BCUT2D eigenvalue weighted by Crippen LogP contribution is -2.49. The van der Waals surface area contributed by atoms with Crippen molar-refractivity contribution < 1.29 is 9.59 Å². The molecule has 1 N–H and O–H groups in total. The predicted molar refractivity (Wildman–Crippen MR) is 112 cm³/mol. The Kier molecular flexibility index (Phi) is 6.95. The first-order valence-corrected chi connectivity index (χ1v) is 10.8. The fourth-order valence-corrected chi connectivity index (χ4v) is 5.53. The Bertz CT molecular complexity index is 674. The number of likely N-dealkylation sites (tertiary alicyclic amines) is 1. The van der Waals surface area contributed by atoms with Crippen LogP contribution in [-0.2, 0) is 4.79 Å². The van der Waals surface area contributed by atoms with Gasteiger partial charge in [-0.1, -0.05) is 11.6 Å². The van der Waals surface area contributed by atoms with Crippen molar-refractivity contribution in [2.24, 2.45) is 11.8 Å². The molecule has 4 rings (SSSR count). The first-order valence-electron chi connectivity index (χ1n) is 9.27. The number of rotatable bonds is 2. The predicted octanol–water partition coefficient (Wildman–Crippen LogP) is 2.73. The van der Waals surface area contributed by atoms with E-state index < -0.39 is 0 Å². The molecule has 5 nitrogen and oxygen atoms in total. The number of fused-ring (bicyclic) bond motifs is 1. The molecule has 148 valence electrons. The van der Waals surface area contributed by atoms with Crippen molar-refractivity contribution in [3.05, 3.63) is 34.9 Å². The van der Waals surface area contributed by atoms with E-state index in [9.17, 15) is 9.59 Å². The lowest BCUT2D eigenvalue weighted by atomic mass is 9.92. The summed E-state index contributed by atoms with van der Waals surface area (Å²) in [6.07, 6.45) is 2.13. The summed E-state index contributed by atoms with van der Waals surface area (Å²) < 4.78 is 0. The minimum absolute atomic E-state index is 0. The van der Waals surface area contributed by atoms with Crippen LogP contribution in [0.25, 0.3) is 0 Å². The van der Waals surface area contributed by atoms with Crippen molar-refractivity contribution in [2.45, 2.75) is 18.9 Å². The Morgan fingerprint density at radius 1 is 1.07 bits per heavy atom. The van der Waals surface area contributed by atoms with Crippen molar-refractivity contribution in [2.75, 3.05) is 37.8 Å². The molecule has 8 heteroatoms. The van der Waals surface area contributed by atoms with Gasteiger partial charge in [-0.15, -0.1) is 24.2 Å². The number of amides is 2. The first kappa shape index (κ1) is 20.8. The quantitative estimate of drug-likeness (QED) is 0.784. The fourth-order valence-electron chi connectivity index (χ4n) is 4.25. The van der Waals surface area contributed by atoms with Crippen molar-refractivity contribution >= 4 is 47.6 Å². The highest BCUT2D eigenvalue weighted by molar-refractivity contribution is 7.99. The molecule has 3 atom stereocenters. The van der Waals surface area contributed by atoms with Gasteiger partial charge in [0.15, 0.2) is 0 Å². The van der Waals surface area contributed by atoms with Gasteiger partial charge in [0.2, 0.25) is 5.91 Å². The van der Waals surface area contributed by atoms with Crippen molar-refractivity contribution in [3.8, 4) is 0 Å². The van der Waals surface area contributed by atoms with Crippen LogP contribution < -0.4 is 5.32 Å². The number of halogens is 2. The zero-order chi connectivity index (χ0) is 18.1. The Hall–Kier alpha value is -0.950. The lowest BCUT2D eigenvalue weighted by Gasteiger charge is -2.29. The average molecular weight is 430 g/mol. The summed E-state index contributed by atoms with van der Waals surface area (Å²) in [5.41, 5.74) is 0.589. The number of thioether (sulfide) groups is 1. The molecule has 2 amide bonds. The van der Waals surface area contributed by atoms with Gasteiger partial charge < -0.3 is 15.1 Å². The largest absolute Gasteiger partial charge is 0.341 e. The first-order chi connectivity index (χ1) is 12.6. The van der Waals surface area contributed by atoms with Crippen LogP contribution in [0, 0.1) is 11.8 Å². The summed E-state index contributed by atoms with van der Waals surface area (Å²) in [6, 6.07) is 6.55. The average Bonchev–Trinajstić information content (AvgIpc) is 3.27. The van der Waals surface area contributed by atoms with Gasteiger partial charge in [-0.05, 0) is 62.0 Å². The van der Waals surface area contributed by atoms with Gasteiger partial charge in [0.1, 0.15) is 6.04 Å². The molecule has 0 aromatic heterocycles. The van der Waals surface area contributed by atoms with E-state index in [-0.39, 0.29) is 30.3 Å². The van der Waals surface area contributed by atoms with Gasteiger partial charge in [0.25, 0.3) is 5.91 Å². The van der Waals surface area contributed by atoms with E-state index in [0.717, 1.165) is 39.0 Å². The van der Waals surface area contributed by atoms with Gasteiger partial charge in [-0.3, -0.25) is 9.59 Å². The van der Waals surface area contributed by atoms with Gasteiger partial charge >= 0.3 is 0 Å². The SMILES string of the molecule is Cl.O=C(C1CSCN1C(=O)c1ccc(Cl)cc1)N1CC[C@@H]2CNC[C@@H]2CC1. The van der Waals surface area contributed by atoms with E-state index in [1.165, 1.54) is 0 Å². The summed E-state index contributed by atoms with van der Waals surface area (Å²) in [5, 5.41) is 4.07. The smallest absolute Gasteiger partial charge is 0.255 e. The maximum Gasteiger partial charge on any atom is 0.255 e. The second kappa shape index (κ2) is 9.03. The number of carbonyl (C=O) groups excluding carboxylic acids is 2. The maximum atomic E-state index is 13.2. The zero-order valence-electron chi connectivity index (χ0n) is 15.1. The van der Waals surface area contributed by atoms with Crippen LogP contribution >= 0.6 is 35.8 Å². The highest BCUT2D eigenvalue weighted by Gasteiger charge is 2.39. The molecule has 3 saturated heterocycles. The maximum absolute atomic E-state index is 13.2. The minimum Gasteiger partial charge on any atom is -0.341 e. The minimum atomic E-state index is -0.348. The molecular weight excluding hydrogens is 405 g/mol. The molecule has 0 bridgehead atoms. The summed E-state index contributed by atoms with van der Waals surface area (Å²) in [7, 11) is 0. The van der Waals surface area contributed by atoms with Crippen LogP contribution in [0.2, 0.25) is 5.02 Å². The van der Waals surface area contributed by atoms with E-state index in [1.807, 2.05) is 4.90 Å². The third-order valence-corrected chi connectivity index (χ3v) is 7.11. The Morgan fingerprint density at radius 2 is 1.70 bits per heavy atom. The molecule has 1 aromatic rings. The number of hydrogen-bond acceptors (Lipinski definition) is 4. The molecule has 0 aliphatic carbocycles. The Morgan fingerprint density at radius 3 is 2.33 bits per heavy atom. The van der Waals surface area contributed by atoms with Crippen LogP contribution in [0.15, 0.2) is 24.3 Å². The normalized spacial score (nSPS) is 27.7. The van der Waals surface area contributed by atoms with E-state index in [0.29, 0.717) is 34.1 Å². The van der Waals surface area contributed by atoms with Crippen molar-refractivity contribution in [1.82, 2.24) is 15.1 Å². The summed E-state index contributed by atoms with van der Waals surface area (Å²) in [5.74, 6) is 2.67. The molecule has 3 heterocycles. The van der Waals surface area contributed by atoms with E-state index in [2.05, 4.69) is 5.32 Å². The monoisotopic (exact) mass is 429 g/mol. The van der Waals surface area contributed by atoms with Crippen LogP contribution in [0.1, 0.15) is 23.2 Å². The number of hydrogen-bond donors (Lipinski definition) is 1. The molecule has 0 spiro atoms. The van der Waals surface area contributed by atoms with E-state index >= 15 is 0 Å². The zero-order valence-corrected chi connectivity index (χ0v) is 17.5. The number of benzene rings is 1. The molecule has 1 aromatic carbocycles. The Labute approximate surface area is 175 Å². The second-order valence-corrected chi connectivity index (χ2v) is 8.81. The molecule has 27 heavy (non-hydrogen) atoms. The highest BCUT2D eigenvalue weighted by atomic mass is 35.5. The molecule has 3 fully saturated rings. The van der Waals surface area contributed by atoms with Crippen LogP contribution in [0.4, 0.5) is 0 Å². The molecule has 3 aliphatic heterocycles. The second-order valence-electron chi connectivity index (χ2n) is 7.38. The summed E-state index contributed by atoms with van der Waals surface area (Å²) >= 11 is 7.57. The third kappa shape index (κ3) is 4.39. The summed E-state index contributed by atoms with van der Waals surface area (Å²) in [6.45, 7) is 3.78.